The Balaban J connectivity index is 3.06. The lowest BCUT2D eigenvalue weighted by molar-refractivity contribution is 0.0696. The molecule has 100 valence electrons. The van der Waals surface area contributed by atoms with E-state index in [0.717, 1.165) is 12.1 Å². The van der Waals surface area contributed by atoms with Crippen molar-refractivity contribution in [3.63, 3.8) is 0 Å². The number of carboxylic acid groups (broad SMARTS) is 1. The number of carboxylic acids is 1. The Labute approximate surface area is 105 Å². The molecule has 0 saturated heterocycles. The van der Waals surface area contributed by atoms with Gasteiger partial charge in [-0.2, -0.15) is 0 Å². The molecule has 0 radical (unpaired) electrons. The van der Waals surface area contributed by atoms with Gasteiger partial charge in [-0.3, -0.25) is 0 Å². The number of hydrogen-bond acceptors (Lipinski definition) is 4. The molecule has 0 amide bonds. The zero-order chi connectivity index (χ0) is 13.9. The Morgan fingerprint density at radius 1 is 1.39 bits per heavy atom. The van der Waals surface area contributed by atoms with Gasteiger partial charge in [0.25, 0.3) is 0 Å². The van der Waals surface area contributed by atoms with Crippen LogP contribution in [0, 0.1) is 5.82 Å². The molecule has 0 atom stereocenters. The van der Waals surface area contributed by atoms with Crippen molar-refractivity contribution in [1.82, 2.24) is 4.90 Å². The third kappa shape index (κ3) is 3.51. The van der Waals surface area contributed by atoms with Crippen molar-refractivity contribution >= 4 is 15.8 Å². The molecule has 0 heterocycles. The van der Waals surface area contributed by atoms with Crippen LogP contribution in [0.2, 0.25) is 0 Å². The Bertz CT molecular complexity index is 554. The lowest BCUT2D eigenvalue weighted by atomic mass is 10.2. The molecule has 18 heavy (non-hydrogen) atoms. The maximum Gasteiger partial charge on any atom is 0.335 e. The van der Waals surface area contributed by atoms with Crippen LogP contribution in [-0.2, 0) is 9.84 Å². The summed E-state index contributed by atoms with van der Waals surface area (Å²) in [5.41, 5.74) is -0.279. The maximum absolute atomic E-state index is 13.6. The van der Waals surface area contributed by atoms with E-state index < -0.39 is 26.5 Å². The number of sulfone groups is 1. The molecule has 0 fully saturated rings. The van der Waals surface area contributed by atoms with Crippen LogP contribution in [0.4, 0.5) is 4.39 Å². The summed E-state index contributed by atoms with van der Waals surface area (Å²) in [6.07, 6.45) is 0. The predicted octanol–water partition coefficient (Wildman–Crippen LogP) is 0.859. The first-order chi connectivity index (χ1) is 8.24. The van der Waals surface area contributed by atoms with Gasteiger partial charge in [-0.05, 0) is 32.3 Å². The fourth-order valence-corrected chi connectivity index (χ4v) is 2.76. The summed E-state index contributed by atoms with van der Waals surface area (Å²) in [5, 5.41) is 8.66. The molecule has 0 aromatic heterocycles. The molecule has 7 heteroatoms. The lowest BCUT2D eigenvalue weighted by Gasteiger charge is -2.10. The average molecular weight is 275 g/mol. The van der Waals surface area contributed by atoms with Crippen molar-refractivity contribution < 1.29 is 22.7 Å². The molecular weight excluding hydrogens is 261 g/mol. The van der Waals surface area contributed by atoms with Crippen LogP contribution in [0.15, 0.2) is 23.1 Å². The predicted molar refractivity (Wildman–Crippen MR) is 64.0 cm³/mol. The molecule has 0 aliphatic carbocycles. The van der Waals surface area contributed by atoms with E-state index in [1.807, 2.05) is 0 Å². The first-order valence-electron chi connectivity index (χ1n) is 5.14. The SMILES string of the molecule is CN(C)CCS(=O)(=O)c1ccc(C(=O)O)cc1F. The third-order valence-corrected chi connectivity index (χ3v) is 4.04. The van der Waals surface area contributed by atoms with Gasteiger partial charge in [-0.15, -0.1) is 0 Å². The van der Waals surface area contributed by atoms with Crippen LogP contribution < -0.4 is 0 Å². The van der Waals surface area contributed by atoms with Gasteiger partial charge in [0.1, 0.15) is 10.7 Å². The van der Waals surface area contributed by atoms with Crippen molar-refractivity contribution in [3.8, 4) is 0 Å². The summed E-state index contributed by atoms with van der Waals surface area (Å²) >= 11 is 0. The van der Waals surface area contributed by atoms with Crippen LogP contribution >= 0.6 is 0 Å². The summed E-state index contributed by atoms with van der Waals surface area (Å²) < 4.78 is 37.2. The Kier molecular flexibility index (Phi) is 4.42. The van der Waals surface area contributed by atoms with Crippen LogP contribution in [-0.4, -0.2) is 50.8 Å². The number of benzene rings is 1. The van der Waals surface area contributed by atoms with E-state index in [4.69, 9.17) is 5.11 Å². The van der Waals surface area contributed by atoms with E-state index in [0.29, 0.717) is 6.07 Å². The second-order valence-electron chi connectivity index (χ2n) is 4.07. The topological polar surface area (TPSA) is 74.7 Å². The van der Waals surface area contributed by atoms with Gasteiger partial charge in [-0.25, -0.2) is 17.6 Å². The Morgan fingerprint density at radius 3 is 2.44 bits per heavy atom. The highest BCUT2D eigenvalue weighted by molar-refractivity contribution is 7.91. The molecule has 0 unspecified atom stereocenters. The Hall–Kier alpha value is -1.47. The summed E-state index contributed by atoms with van der Waals surface area (Å²) in [6.45, 7) is 0.266. The quantitative estimate of drug-likeness (QED) is 0.862. The van der Waals surface area contributed by atoms with Gasteiger partial charge in [0.05, 0.1) is 11.3 Å². The lowest BCUT2D eigenvalue weighted by Crippen LogP contribution is -2.22. The van der Waals surface area contributed by atoms with Crippen molar-refractivity contribution in [2.45, 2.75) is 4.90 Å². The number of hydrogen-bond donors (Lipinski definition) is 1. The molecule has 1 rings (SSSR count). The molecule has 0 saturated carbocycles. The van der Waals surface area contributed by atoms with E-state index in [1.54, 1.807) is 19.0 Å². The third-order valence-electron chi connectivity index (χ3n) is 2.32. The van der Waals surface area contributed by atoms with Gasteiger partial charge >= 0.3 is 5.97 Å². The van der Waals surface area contributed by atoms with Gasteiger partial charge in [-0.1, -0.05) is 0 Å². The highest BCUT2D eigenvalue weighted by Crippen LogP contribution is 2.17. The van der Waals surface area contributed by atoms with Gasteiger partial charge in [0, 0.05) is 6.54 Å². The molecular formula is C11H14FNO4S. The second kappa shape index (κ2) is 5.45. The monoisotopic (exact) mass is 275 g/mol. The van der Waals surface area contributed by atoms with Crippen LogP contribution in [0.25, 0.3) is 0 Å². The van der Waals surface area contributed by atoms with E-state index in [9.17, 15) is 17.6 Å². The van der Waals surface area contributed by atoms with Gasteiger partial charge < -0.3 is 10.0 Å². The maximum atomic E-state index is 13.6. The normalized spacial score (nSPS) is 11.8. The largest absolute Gasteiger partial charge is 0.478 e. The van der Waals surface area contributed by atoms with E-state index in [1.165, 1.54) is 0 Å². The van der Waals surface area contributed by atoms with E-state index >= 15 is 0 Å². The van der Waals surface area contributed by atoms with Gasteiger partial charge in [0.15, 0.2) is 9.84 Å². The minimum atomic E-state index is -3.74. The molecule has 0 spiro atoms. The van der Waals surface area contributed by atoms with E-state index in [-0.39, 0.29) is 17.9 Å². The zero-order valence-corrected chi connectivity index (χ0v) is 10.9. The highest BCUT2D eigenvalue weighted by atomic mass is 32.2. The average Bonchev–Trinajstić information content (AvgIpc) is 2.26. The molecule has 1 N–H and O–H groups in total. The fourth-order valence-electron chi connectivity index (χ4n) is 1.30. The molecule has 0 bridgehead atoms. The molecule has 0 aliphatic rings. The number of nitrogens with zero attached hydrogens (tertiary/aromatic N) is 1. The standard InChI is InChI=1S/C11H14FNO4S/c1-13(2)5-6-18(16,17)10-4-3-8(11(14)15)7-9(10)12/h3-4,7H,5-6H2,1-2H3,(H,14,15). The minimum absolute atomic E-state index is 0.219. The molecule has 0 aliphatic heterocycles. The highest BCUT2D eigenvalue weighted by Gasteiger charge is 2.20. The van der Waals surface area contributed by atoms with Crippen LogP contribution in [0.1, 0.15) is 10.4 Å². The van der Waals surface area contributed by atoms with Crippen molar-refractivity contribution in [2.75, 3.05) is 26.4 Å². The second-order valence-corrected chi connectivity index (χ2v) is 6.15. The fraction of sp³-hybridized carbons (Fsp3) is 0.364. The summed E-state index contributed by atoms with van der Waals surface area (Å²) in [5.74, 6) is -2.55. The van der Waals surface area contributed by atoms with Crippen LogP contribution in [0.3, 0.4) is 0 Å². The van der Waals surface area contributed by atoms with Crippen molar-refractivity contribution in [3.05, 3.63) is 29.6 Å². The molecule has 5 nitrogen and oxygen atoms in total. The van der Waals surface area contributed by atoms with Crippen molar-refractivity contribution in [2.24, 2.45) is 0 Å². The first kappa shape index (κ1) is 14.6. The zero-order valence-electron chi connectivity index (χ0n) is 10.1. The number of carbonyl (C=O) groups is 1. The molecule has 1 aromatic rings. The number of rotatable bonds is 5. The summed E-state index contributed by atoms with van der Waals surface area (Å²) in [4.78, 5) is 11.8. The smallest absolute Gasteiger partial charge is 0.335 e. The summed E-state index contributed by atoms with van der Waals surface area (Å²) in [7, 11) is -0.323. The van der Waals surface area contributed by atoms with E-state index in [2.05, 4.69) is 0 Å². The van der Waals surface area contributed by atoms with Crippen LogP contribution in [0.5, 0.6) is 0 Å². The number of halogens is 1. The summed E-state index contributed by atoms with van der Waals surface area (Å²) in [6, 6.07) is 2.78. The first-order valence-corrected chi connectivity index (χ1v) is 6.79. The van der Waals surface area contributed by atoms with Gasteiger partial charge in [0.2, 0.25) is 0 Å². The van der Waals surface area contributed by atoms with Crippen molar-refractivity contribution in [1.29, 1.82) is 0 Å². The molecule has 1 aromatic carbocycles. The Morgan fingerprint density at radius 2 is 2.00 bits per heavy atom. The number of aromatic carboxylic acids is 1. The minimum Gasteiger partial charge on any atom is -0.478 e.